The van der Waals surface area contributed by atoms with Gasteiger partial charge in [0.1, 0.15) is 18.0 Å². The van der Waals surface area contributed by atoms with E-state index in [0.29, 0.717) is 19.7 Å². The van der Waals surface area contributed by atoms with Crippen LogP contribution in [0.2, 0.25) is 0 Å². The van der Waals surface area contributed by atoms with Crippen molar-refractivity contribution in [2.24, 2.45) is 0 Å². The Bertz CT molecular complexity index is 591. The van der Waals surface area contributed by atoms with Crippen LogP contribution >= 0.6 is 0 Å². The first-order chi connectivity index (χ1) is 11.7. The van der Waals surface area contributed by atoms with Crippen LogP contribution in [0.25, 0.3) is 0 Å². The van der Waals surface area contributed by atoms with Crippen molar-refractivity contribution >= 4 is 11.8 Å². The van der Waals surface area contributed by atoms with Gasteiger partial charge in [0.25, 0.3) is 0 Å². The summed E-state index contributed by atoms with van der Waals surface area (Å²) >= 11 is 0. The van der Waals surface area contributed by atoms with Crippen molar-refractivity contribution in [1.82, 2.24) is 9.80 Å². The maximum atomic E-state index is 12.3. The van der Waals surface area contributed by atoms with E-state index in [1.165, 1.54) is 5.56 Å². The normalized spacial score (nSPS) is 14.3. The molecule has 1 N–H and O–H groups in total. The lowest BCUT2D eigenvalue weighted by Gasteiger charge is -2.32. The maximum Gasteiger partial charge on any atom is 0.410 e. The zero-order chi connectivity index (χ0) is 18.6. The molecule has 140 valence electrons. The number of anilines is 1. The molecule has 0 saturated carbocycles. The Kier molecular flexibility index (Phi) is 6.16. The Labute approximate surface area is 151 Å². The van der Waals surface area contributed by atoms with Gasteiger partial charge in [0, 0.05) is 31.9 Å². The number of hydrogen-bond donors (Lipinski definition) is 1. The summed E-state index contributed by atoms with van der Waals surface area (Å²) in [6, 6.07) is 4.10. The predicted molar refractivity (Wildman–Crippen MR) is 100 cm³/mol. The van der Waals surface area contributed by atoms with Crippen LogP contribution in [0.5, 0.6) is 5.75 Å². The molecule has 0 bridgehead atoms. The average molecular weight is 349 g/mol. The third-order valence-corrected chi connectivity index (χ3v) is 4.04. The Morgan fingerprint density at radius 1 is 1.32 bits per heavy atom. The SMILES string of the molecule is CNc1cc(OCCN(C)C)cc2c1CN(C(=O)OC(C)(C)C)CC2. The molecule has 1 amide bonds. The van der Waals surface area contributed by atoms with Gasteiger partial charge >= 0.3 is 6.09 Å². The number of carbonyl (C=O) groups is 1. The molecule has 0 radical (unpaired) electrons. The highest BCUT2D eigenvalue weighted by atomic mass is 16.6. The van der Waals surface area contributed by atoms with Gasteiger partial charge in [-0.1, -0.05) is 0 Å². The zero-order valence-electron chi connectivity index (χ0n) is 16.3. The van der Waals surface area contributed by atoms with Gasteiger partial charge in [0.2, 0.25) is 0 Å². The summed E-state index contributed by atoms with van der Waals surface area (Å²) in [5.74, 6) is 0.871. The highest BCUT2D eigenvalue weighted by Gasteiger charge is 2.27. The van der Waals surface area contributed by atoms with E-state index in [1.807, 2.05) is 48.0 Å². The highest BCUT2D eigenvalue weighted by Crippen LogP contribution is 2.31. The largest absolute Gasteiger partial charge is 0.492 e. The molecule has 0 atom stereocenters. The maximum absolute atomic E-state index is 12.3. The van der Waals surface area contributed by atoms with E-state index < -0.39 is 5.60 Å². The molecular weight excluding hydrogens is 318 g/mol. The minimum absolute atomic E-state index is 0.258. The number of benzene rings is 1. The van der Waals surface area contributed by atoms with Gasteiger partial charge in [-0.15, -0.1) is 0 Å². The van der Waals surface area contributed by atoms with Gasteiger partial charge in [-0.05, 0) is 58.5 Å². The molecule has 1 aliphatic rings. The molecule has 0 unspecified atom stereocenters. The lowest BCUT2D eigenvalue weighted by molar-refractivity contribution is 0.0224. The number of ether oxygens (including phenoxy) is 2. The topological polar surface area (TPSA) is 54.0 Å². The molecule has 0 aromatic heterocycles. The number of nitrogens with zero attached hydrogens (tertiary/aromatic N) is 2. The van der Waals surface area contributed by atoms with E-state index in [-0.39, 0.29) is 6.09 Å². The van der Waals surface area contributed by atoms with Crippen molar-refractivity contribution in [2.45, 2.75) is 39.3 Å². The number of carbonyl (C=O) groups excluding carboxylic acids is 1. The average Bonchev–Trinajstić information content (AvgIpc) is 2.51. The molecule has 6 heteroatoms. The first-order valence-corrected chi connectivity index (χ1v) is 8.78. The predicted octanol–water partition coefficient (Wildman–Crippen LogP) is 2.96. The Morgan fingerprint density at radius 2 is 2.04 bits per heavy atom. The summed E-state index contributed by atoms with van der Waals surface area (Å²) in [6.45, 7) is 8.40. The quantitative estimate of drug-likeness (QED) is 0.886. The molecule has 0 saturated heterocycles. The number of rotatable bonds is 5. The first kappa shape index (κ1) is 19.4. The molecule has 0 fully saturated rings. The smallest absolute Gasteiger partial charge is 0.410 e. The fourth-order valence-corrected chi connectivity index (χ4v) is 2.77. The van der Waals surface area contributed by atoms with Crippen LogP contribution in [0.1, 0.15) is 31.9 Å². The van der Waals surface area contributed by atoms with Gasteiger partial charge in [-0.3, -0.25) is 0 Å². The first-order valence-electron chi connectivity index (χ1n) is 8.78. The number of fused-ring (bicyclic) bond motifs is 1. The molecule has 1 aromatic rings. The summed E-state index contributed by atoms with van der Waals surface area (Å²) in [4.78, 5) is 16.2. The van der Waals surface area contributed by atoms with Gasteiger partial charge < -0.3 is 24.6 Å². The van der Waals surface area contributed by atoms with Crippen molar-refractivity contribution in [1.29, 1.82) is 0 Å². The van der Waals surface area contributed by atoms with E-state index in [1.54, 1.807) is 4.90 Å². The van der Waals surface area contributed by atoms with Gasteiger partial charge in [0.05, 0.1) is 6.54 Å². The van der Waals surface area contributed by atoms with E-state index in [9.17, 15) is 4.79 Å². The van der Waals surface area contributed by atoms with Crippen molar-refractivity contribution < 1.29 is 14.3 Å². The van der Waals surface area contributed by atoms with E-state index in [0.717, 1.165) is 30.0 Å². The lowest BCUT2D eigenvalue weighted by atomic mass is 9.97. The van der Waals surface area contributed by atoms with Gasteiger partial charge in [-0.25, -0.2) is 4.79 Å². The van der Waals surface area contributed by atoms with Crippen LogP contribution in [0.15, 0.2) is 12.1 Å². The van der Waals surface area contributed by atoms with Crippen molar-refractivity contribution in [3.8, 4) is 5.75 Å². The fraction of sp³-hybridized carbons (Fsp3) is 0.632. The molecule has 0 aliphatic carbocycles. The fourth-order valence-electron chi connectivity index (χ4n) is 2.77. The highest BCUT2D eigenvalue weighted by molar-refractivity contribution is 5.70. The van der Waals surface area contributed by atoms with Gasteiger partial charge in [0.15, 0.2) is 0 Å². The van der Waals surface area contributed by atoms with E-state index in [2.05, 4.69) is 16.3 Å². The summed E-state index contributed by atoms with van der Waals surface area (Å²) in [7, 11) is 5.95. The second-order valence-electron chi connectivity index (χ2n) is 7.66. The second kappa shape index (κ2) is 7.95. The molecule has 1 aromatic carbocycles. The van der Waals surface area contributed by atoms with E-state index in [4.69, 9.17) is 9.47 Å². The standard InChI is InChI=1S/C19H31N3O3/c1-19(2,3)25-18(23)22-8-7-14-11-15(24-10-9-21(5)6)12-17(20-4)16(14)13-22/h11-12,20H,7-10,13H2,1-6H3. The van der Waals surface area contributed by atoms with Crippen LogP contribution < -0.4 is 10.1 Å². The third kappa shape index (κ3) is 5.53. The Hall–Kier alpha value is -1.95. The number of nitrogens with one attached hydrogen (secondary N) is 1. The summed E-state index contributed by atoms with van der Waals surface area (Å²) in [5, 5.41) is 3.23. The van der Waals surface area contributed by atoms with E-state index >= 15 is 0 Å². The Balaban J connectivity index is 2.12. The Morgan fingerprint density at radius 3 is 2.64 bits per heavy atom. The molecular formula is C19H31N3O3. The second-order valence-corrected chi connectivity index (χ2v) is 7.66. The van der Waals surface area contributed by atoms with Crippen molar-refractivity contribution in [2.75, 3.05) is 46.2 Å². The zero-order valence-corrected chi connectivity index (χ0v) is 16.3. The van der Waals surface area contributed by atoms with Gasteiger partial charge in [-0.2, -0.15) is 0 Å². The minimum atomic E-state index is -0.479. The number of amides is 1. The molecule has 6 nitrogen and oxygen atoms in total. The molecule has 1 heterocycles. The summed E-state index contributed by atoms with van der Waals surface area (Å²) in [6.07, 6.45) is 0.542. The van der Waals surface area contributed by atoms with Crippen molar-refractivity contribution in [3.63, 3.8) is 0 Å². The molecule has 25 heavy (non-hydrogen) atoms. The monoisotopic (exact) mass is 349 g/mol. The van der Waals surface area contributed by atoms with Crippen molar-refractivity contribution in [3.05, 3.63) is 23.3 Å². The van der Waals surface area contributed by atoms with Crippen LogP contribution in [0.4, 0.5) is 10.5 Å². The number of likely N-dealkylation sites (N-methyl/N-ethyl adjacent to an activating group) is 1. The third-order valence-electron chi connectivity index (χ3n) is 4.04. The van der Waals surface area contributed by atoms with Crippen LogP contribution in [-0.2, 0) is 17.7 Å². The summed E-state index contributed by atoms with van der Waals surface area (Å²) < 4.78 is 11.4. The molecule has 0 spiro atoms. The molecule has 1 aliphatic heterocycles. The van der Waals surface area contributed by atoms with Crippen LogP contribution in [-0.4, -0.2) is 62.3 Å². The minimum Gasteiger partial charge on any atom is -0.492 e. The number of hydrogen-bond acceptors (Lipinski definition) is 5. The lowest BCUT2D eigenvalue weighted by Crippen LogP contribution is -2.40. The van der Waals surface area contributed by atoms with Crippen LogP contribution in [0, 0.1) is 0 Å². The van der Waals surface area contributed by atoms with Crippen LogP contribution in [0.3, 0.4) is 0 Å². The molecule has 2 rings (SSSR count). The summed E-state index contributed by atoms with van der Waals surface area (Å²) in [5.41, 5.74) is 2.89.